The van der Waals surface area contributed by atoms with E-state index in [4.69, 9.17) is 4.98 Å². The van der Waals surface area contributed by atoms with Crippen molar-refractivity contribution in [3.8, 4) is 11.4 Å². The third-order valence-electron chi connectivity index (χ3n) is 7.87. The average molecular weight is 449 g/mol. The van der Waals surface area contributed by atoms with Crippen molar-refractivity contribution in [2.45, 2.75) is 44.9 Å². The maximum Gasteiger partial charge on any atom is 0.330 e. The lowest BCUT2D eigenvalue weighted by Gasteiger charge is -2.45. The van der Waals surface area contributed by atoms with E-state index in [2.05, 4.69) is 25.7 Å². The predicted octanol–water partition coefficient (Wildman–Crippen LogP) is 4.35. The van der Waals surface area contributed by atoms with Crippen molar-refractivity contribution in [2.24, 2.45) is 23.7 Å². The van der Waals surface area contributed by atoms with Crippen LogP contribution in [0.25, 0.3) is 22.4 Å². The molecule has 2 bridgehead atoms. The number of aromatic amines is 1. The quantitative estimate of drug-likeness (QED) is 0.581. The molecule has 3 fully saturated rings. The number of fused-ring (bicyclic) bond motifs is 5. The Kier molecular flexibility index (Phi) is 4.96. The highest BCUT2D eigenvalue weighted by atomic mass is 19.1. The number of hydrogen-bond donors (Lipinski definition) is 2. The molecular weight excluding hydrogens is 421 g/mol. The zero-order valence-corrected chi connectivity index (χ0v) is 18.4. The summed E-state index contributed by atoms with van der Waals surface area (Å²) in [6.07, 6.45) is 14.2. The normalized spacial score (nSPS) is 28.1. The summed E-state index contributed by atoms with van der Waals surface area (Å²) < 4.78 is 16.0. The molecule has 0 radical (unpaired) electrons. The maximum atomic E-state index is 13.9. The van der Waals surface area contributed by atoms with Crippen molar-refractivity contribution in [3.63, 3.8) is 0 Å². The van der Waals surface area contributed by atoms with Gasteiger partial charge in [0.25, 0.3) is 5.82 Å². The van der Waals surface area contributed by atoms with Gasteiger partial charge in [-0.25, -0.2) is 18.9 Å². The van der Waals surface area contributed by atoms with E-state index in [9.17, 15) is 14.3 Å². The van der Waals surface area contributed by atoms with Gasteiger partial charge in [0.15, 0.2) is 0 Å². The topological polar surface area (TPSA) is 94.8 Å². The number of pyridine rings is 1. The molecule has 3 aromatic heterocycles. The van der Waals surface area contributed by atoms with E-state index in [1.807, 2.05) is 6.20 Å². The summed E-state index contributed by atoms with van der Waals surface area (Å²) in [5, 5.41) is 10.6. The van der Waals surface area contributed by atoms with Gasteiger partial charge in [-0.2, -0.15) is 0 Å². The Balaban J connectivity index is 1.44. The minimum Gasteiger partial charge on any atom is -0.481 e. The molecule has 0 spiro atoms. The van der Waals surface area contributed by atoms with Crippen LogP contribution in [0.1, 0.15) is 44.1 Å². The highest BCUT2D eigenvalue weighted by Crippen LogP contribution is 2.48. The van der Waals surface area contributed by atoms with Crippen molar-refractivity contribution in [1.29, 1.82) is 0 Å². The van der Waals surface area contributed by atoms with E-state index in [0.717, 1.165) is 62.9 Å². The fourth-order valence-corrected chi connectivity index (χ4v) is 6.25. The van der Waals surface area contributed by atoms with Crippen LogP contribution in [-0.4, -0.2) is 48.3 Å². The van der Waals surface area contributed by atoms with Crippen LogP contribution in [0.15, 0.2) is 24.7 Å². The first kappa shape index (κ1) is 20.4. The summed E-state index contributed by atoms with van der Waals surface area (Å²) in [4.78, 5) is 28.9. The molecule has 3 saturated carbocycles. The number of nitrogens with one attached hydrogen (secondary N) is 1. The lowest BCUT2D eigenvalue weighted by atomic mass is 9.59. The van der Waals surface area contributed by atoms with E-state index >= 15 is 0 Å². The van der Waals surface area contributed by atoms with Crippen LogP contribution in [0.5, 0.6) is 0 Å². The molecule has 4 aliphatic rings. The second-order valence-electron chi connectivity index (χ2n) is 9.71. The van der Waals surface area contributed by atoms with Gasteiger partial charge < -0.3 is 10.1 Å². The summed E-state index contributed by atoms with van der Waals surface area (Å²) in [5.74, 6) is 0.715. The Hall–Kier alpha value is -3.16. The van der Waals surface area contributed by atoms with Gasteiger partial charge in [-0.3, -0.25) is 4.79 Å². The van der Waals surface area contributed by atoms with Crippen molar-refractivity contribution in [3.05, 3.63) is 36.0 Å². The van der Waals surface area contributed by atoms with Crippen LogP contribution in [0.4, 0.5) is 10.2 Å². The van der Waals surface area contributed by atoms with Crippen LogP contribution >= 0.6 is 0 Å². The average Bonchev–Trinajstić information content (AvgIpc) is 3.14. The number of aryl methyl sites for hydroxylation is 1. The van der Waals surface area contributed by atoms with Crippen molar-refractivity contribution < 1.29 is 18.9 Å². The predicted molar refractivity (Wildman–Crippen MR) is 121 cm³/mol. The number of hydrogen-bond acceptors (Lipinski definition) is 4. The Morgan fingerprint density at radius 2 is 1.97 bits per heavy atom. The van der Waals surface area contributed by atoms with E-state index in [1.54, 1.807) is 6.20 Å². The summed E-state index contributed by atoms with van der Waals surface area (Å²) in [7, 11) is 0. The van der Waals surface area contributed by atoms with Crippen LogP contribution in [-0.2, 0) is 11.2 Å². The second kappa shape index (κ2) is 8.01. The molecular formula is C25H27FN5O2+. The van der Waals surface area contributed by atoms with Gasteiger partial charge in [-0.15, -0.1) is 0 Å². The fraction of sp³-hybridized carbons (Fsp3) is 0.480. The van der Waals surface area contributed by atoms with E-state index in [0.29, 0.717) is 28.3 Å². The molecule has 8 heteroatoms. The van der Waals surface area contributed by atoms with Gasteiger partial charge in [0.2, 0.25) is 0 Å². The molecule has 7 rings (SSSR count). The molecule has 2 N–H and O–H groups in total. The zero-order valence-electron chi connectivity index (χ0n) is 18.4. The molecule has 3 aliphatic carbocycles. The summed E-state index contributed by atoms with van der Waals surface area (Å²) in [6.45, 7) is 0.813. The van der Waals surface area contributed by atoms with E-state index in [1.165, 1.54) is 12.3 Å². The fourth-order valence-electron chi connectivity index (χ4n) is 6.25. The van der Waals surface area contributed by atoms with Crippen molar-refractivity contribution in [1.82, 2.24) is 19.9 Å². The largest absolute Gasteiger partial charge is 0.481 e. The first-order valence-electron chi connectivity index (χ1n) is 11.9. The number of nitrogens with zero attached hydrogens (tertiary/aromatic N) is 4. The highest BCUT2D eigenvalue weighted by molar-refractivity contribution is 5.91. The molecule has 2 atom stereocenters. The van der Waals surface area contributed by atoms with Crippen molar-refractivity contribution >= 4 is 29.0 Å². The first-order valence-corrected chi connectivity index (χ1v) is 11.9. The molecule has 1 unspecified atom stereocenters. The van der Waals surface area contributed by atoms with Crippen LogP contribution in [0.2, 0.25) is 0 Å². The Morgan fingerprint density at radius 3 is 2.79 bits per heavy atom. The minimum absolute atomic E-state index is 0.0331. The summed E-state index contributed by atoms with van der Waals surface area (Å²) in [6, 6.07) is 1.45. The molecule has 0 aromatic carbocycles. The Bertz CT molecular complexity index is 1260. The smallest absolute Gasteiger partial charge is 0.330 e. The number of halogens is 1. The summed E-state index contributed by atoms with van der Waals surface area (Å²) >= 11 is 0. The molecule has 4 heterocycles. The first-order chi connectivity index (χ1) is 16.1. The van der Waals surface area contributed by atoms with Gasteiger partial charge in [0.1, 0.15) is 11.5 Å². The molecule has 0 saturated heterocycles. The molecule has 7 nitrogen and oxygen atoms in total. The van der Waals surface area contributed by atoms with E-state index in [-0.39, 0.29) is 17.8 Å². The maximum absolute atomic E-state index is 13.9. The lowest BCUT2D eigenvalue weighted by Crippen LogP contribution is -2.45. The van der Waals surface area contributed by atoms with Crippen LogP contribution < -0.4 is 0 Å². The Labute approximate surface area is 190 Å². The number of aliphatic carboxylic acids is 1. The zero-order chi connectivity index (χ0) is 22.5. The number of carbonyl (C=O) groups is 1. The minimum atomic E-state index is -0.669. The number of aromatic nitrogens is 4. The van der Waals surface area contributed by atoms with Crippen LogP contribution in [0.3, 0.4) is 0 Å². The van der Waals surface area contributed by atoms with Gasteiger partial charge in [-0.1, -0.05) is 0 Å². The molecule has 33 heavy (non-hydrogen) atoms. The lowest BCUT2D eigenvalue weighted by molar-refractivity contribution is -0.443. The van der Waals surface area contributed by atoms with Gasteiger partial charge in [0, 0.05) is 23.7 Å². The molecule has 3 aromatic rings. The standard InChI is InChI=1S/C25H26FN5O2/c26-17-9-18-19(12-29-22(18)28-11-17)23-27-10-16-3-1-2-8-31(24(16)30-23)13-20-14-4-6-15(7-5-14)21(20)25(32)33/h9-15,20-21H,1-8H2,(H-,27,28,29,30,32,33)/p+1/b31-13-/t14?,15?,20?,21-/m1/s1. The van der Waals surface area contributed by atoms with E-state index < -0.39 is 11.8 Å². The Morgan fingerprint density at radius 1 is 1.15 bits per heavy atom. The highest BCUT2D eigenvalue weighted by Gasteiger charge is 2.47. The van der Waals surface area contributed by atoms with Gasteiger partial charge in [0.05, 0.1) is 36.0 Å². The van der Waals surface area contributed by atoms with Gasteiger partial charge >= 0.3 is 11.8 Å². The number of H-pyrrole nitrogens is 1. The van der Waals surface area contributed by atoms with Crippen molar-refractivity contribution in [2.75, 3.05) is 6.54 Å². The number of carboxylic acids is 1. The second-order valence-corrected chi connectivity index (χ2v) is 9.71. The monoisotopic (exact) mass is 448 g/mol. The molecule has 170 valence electrons. The number of carboxylic acid groups (broad SMARTS) is 1. The SMILES string of the molecule is O=C(O)[C@@H]1C2CCC(CC2)C1/C=[N+]1/CCCCc2cnc(-c3c[nH]c4ncc(F)cc34)nc21. The third kappa shape index (κ3) is 3.52. The summed E-state index contributed by atoms with van der Waals surface area (Å²) in [5.41, 5.74) is 2.38. The molecule has 1 aliphatic heterocycles. The van der Waals surface area contributed by atoms with Crippen LogP contribution in [0, 0.1) is 29.5 Å². The number of rotatable bonds is 3. The van der Waals surface area contributed by atoms with Gasteiger partial charge in [-0.05, 0) is 67.8 Å². The third-order valence-corrected chi connectivity index (χ3v) is 7.87. The molecule has 0 amide bonds.